The average molecular weight is 263 g/mol. The lowest BCUT2D eigenvalue weighted by Gasteiger charge is -2.13. The molecule has 5 heteroatoms. The molecule has 0 fully saturated rings. The molecule has 4 N–H and O–H groups in total. The van der Waals surface area contributed by atoms with Crippen LogP contribution in [0.5, 0.6) is 0 Å². The monoisotopic (exact) mass is 262 g/mol. The van der Waals surface area contributed by atoms with Crippen molar-refractivity contribution in [1.29, 1.82) is 0 Å². The standard InChI is InChI=1S/C9H15BrN2O2/c10-9-3-2-8(14-9)7(6-11)12-4-1-5-13/h2-3,7,12-13H,1,4-6,11H2. The van der Waals surface area contributed by atoms with Gasteiger partial charge in [-0.2, -0.15) is 0 Å². The average Bonchev–Trinajstić information content (AvgIpc) is 2.60. The Kier molecular flexibility index (Phi) is 5.17. The number of halogens is 1. The summed E-state index contributed by atoms with van der Waals surface area (Å²) in [6.07, 6.45) is 0.721. The number of furan rings is 1. The molecule has 1 aromatic rings. The summed E-state index contributed by atoms with van der Waals surface area (Å²) in [5.74, 6) is 0.817. The largest absolute Gasteiger partial charge is 0.453 e. The first-order valence-electron chi connectivity index (χ1n) is 4.57. The van der Waals surface area contributed by atoms with Crippen LogP contribution in [0.25, 0.3) is 0 Å². The normalized spacial score (nSPS) is 13.1. The van der Waals surface area contributed by atoms with Crippen LogP contribution in [-0.4, -0.2) is 24.8 Å². The molecule has 0 aliphatic heterocycles. The molecular weight excluding hydrogens is 248 g/mol. The Hall–Kier alpha value is -0.360. The van der Waals surface area contributed by atoms with Gasteiger partial charge in [0.15, 0.2) is 4.67 Å². The Bertz CT molecular complexity index is 265. The molecule has 1 unspecified atom stereocenters. The zero-order valence-electron chi connectivity index (χ0n) is 7.87. The second-order valence-corrected chi connectivity index (χ2v) is 3.74. The van der Waals surface area contributed by atoms with Crippen molar-refractivity contribution in [3.05, 3.63) is 22.6 Å². The molecule has 0 spiro atoms. The van der Waals surface area contributed by atoms with E-state index in [9.17, 15) is 0 Å². The molecule has 0 aliphatic carbocycles. The van der Waals surface area contributed by atoms with Crippen molar-refractivity contribution in [2.24, 2.45) is 5.73 Å². The van der Waals surface area contributed by atoms with Gasteiger partial charge >= 0.3 is 0 Å². The van der Waals surface area contributed by atoms with Gasteiger partial charge in [-0.15, -0.1) is 0 Å². The van der Waals surface area contributed by atoms with E-state index in [4.69, 9.17) is 15.3 Å². The third-order valence-electron chi connectivity index (χ3n) is 1.90. The van der Waals surface area contributed by atoms with E-state index in [1.54, 1.807) is 0 Å². The second kappa shape index (κ2) is 6.19. The lowest BCUT2D eigenvalue weighted by molar-refractivity contribution is 0.281. The lowest BCUT2D eigenvalue weighted by atomic mass is 10.2. The van der Waals surface area contributed by atoms with E-state index in [0.29, 0.717) is 11.2 Å². The zero-order valence-corrected chi connectivity index (χ0v) is 9.46. The zero-order chi connectivity index (χ0) is 10.4. The summed E-state index contributed by atoms with van der Waals surface area (Å²) < 4.78 is 6.08. The van der Waals surface area contributed by atoms with Crippen molar-refractivity contribution in [3.63, 3.8) is 0 Å². The molecule has 14 heavy (non-hydrogen) atoms. The van der Waals surface area contributed by atoms with Gasteiger partial charge in [0.1, 0.15) is 5.76 Å². The number of hydrogen-bond donors (Lipinski definition) is 3. The van der Waals surface area contributed by atoms with Crippen molar-refractivity contribution in [2.75, 3.05) is 19.7 Å². The van der Waals surface area contributed by atoms with E-state index < -0.39 is 0 Å². The highest BCUT2D eigenvalue weighted by molar-refractivity contribution is 9.10. The summed E-state index contributed by atoms with van der Waals surface area (Å²) >= 11 is 3.24. The maximum atomic E-state index is 8.62. The minimum absolute atomic E-state index is 0.0212. The maximum Gasteiger partial charge on any atom is 0.169 e. The molecule has 0 saturated heterocycles. The number of nitrogens with one attached hydrogen (secondary N) is 1. The third kappa shape index (κ3) is 3.42. The highest BCUT2D eigenvalue weighted by Crippen LogP contribution is 2.19. The summed E-state index contributed by atoms with van der Waals surface area (Å²) in [6, 6.07) is 3.74. The lowest BCUT2D eigenvalue weighted by Crippen LogP contribution is -2.29. The van der Waals surface area contributed by atoms with Gasteiger partial charge in [-0.05, 0) is 41.0 Å². The molecule has 0 radical (unpaired) electrons. The first kappa shape index (κ1) is 11.7. The van der Waals surface area contributed by atoms with Crippen LogP contribution in [0.15, 0.2) is 21.2 Å². The van der Waals surface area contributed by atoms with Gasteiger partial charge in [0.05, 0.1) is 6.04 Å². The van der Waals surface area contributed by atoms with E-state index >= 15 is 0 Å². The maximum absolute atomic E-state index is 8.62. The van der Waals surface area contributed by atoms with Gasteiger partial charge < -0.3 is 20.6 Å². The summed E-state index contributed by atoms with van der Waals surface area (Å²) in [7, 11) is 0. The second-order valence-electron chi connectivity index (χ2n) is 2.96. The van der Waals surface area contributed by atoms with Crippen molar-refractivity contribution in [2.45, 2.75) is 12.5 Å². The minimum atomic E-state index is 0.0212. The highest BCUT2D eigenvalue weighted by Gasteiger charge is 2.12. The van der Waals surface area contributed by atoms with Gasteiger partial charge in [0.2, 0.25) is 0 Å². The van der Waals surface area contributed by atoms with Crippen LogP contribution < -0.4 is 11.1 Å². The van der Waals surface area contributed by atoms with Crippen molar-refractivity contribution >= 4 is 15.9 Å². The minimum Gasteiger partial charge on any atom is -0.453 e. The first-order chi connectivity index (χ1) is 6.77. The summed E-state index contributed by atoms with van der Waals surface area (Å²) in [5.41, 5.74) is 5.60. The Labute approximate surface area is 91.6 Å². The van der Waals surface area contributed by atoms with Crippen LogP contribution in [0.3, 0.4) is 0 Å². The van der Waals surface area contributed by atoms with Crippen LogP contribution >= 0.6 is 15.9 Å². The summed E-state index contributed by atoms with van der Waals surface area (Å²) in [6.45, 7) is 1.40. The third-order valence-corrected chi connectivity index (χ3v) is 2.32. The first-order valence-corrected chi connectivity index (χ1v) is 5.36. The van der Waals surface area contributed by atoms with Gasteiger partial charge in [0, 0.05) is 13.2 Å². The van der Waals surface area contributed by atoms with Crippen molar-refractivity contribution in [3.8, 4) is 0 Å². The van der Waals surface area contributed by atoms with Gasteiger partial charge in [-0.25, -0.2) is 0 Å². The molecule has 0 bridgehead atoms. The number of hydrogen-bond acceptors (Lipinski definition) is 4. The van der Waals surface area contributed by atoms with Gasteiger partial charge in [-0.1, -0.05) is 0 Å². The Balaban J connectivity index is 2.45. The van der Waals surface area contributed by atoms with Crippen molar-refractivity contribution in [1.82, 2.24) is 5.32 Å². The Morgan fingerprint density at radius 3 is 2.86 bits per heavy atom. The fraction of sp³-hybridized carbons (Fsp3) is 0.556. The molecule has 80 valence electrons. The van der Waals surface area contributed by atoms with Crippen LogP contribution in [0, 0.1) is 0 Å². The van der Waals surface area contributed by atoms with E-state index in [0.717, 1.165) is 18.7 Å². The van der Waals surface area contributed by atoms with Crippen LogP contribution in [0.1, 0.15) is 18.2 Å². The molecule has 0 saturated carbocycles. The smallest absolute Gasteiger partial charge is 0.169 e. The van der Waals surface area contributed by atoms with E-state index in [2.05, 4.69) is 21.2 Å². The van der Waals surface area contributed by atoms with Crippen LogP contribution in [0.4, 0.5) is 0 Å². The molecule has 0 aliphatic rings. The van der Waals surface area contributed by atoms with E-state index in [-0.39, 0.29) is 12.6 Å². The molecule has 1 aromatic heterocycles. The predicted octanol–water partition coefficient (Wildman–Crippen LogP) is 1.01. The fourth-order valence-corrected chi connectivity index (χ4v) is 1.49. The molecule has 1 atom stereocenters. The molecule has 1 rings (SSSR count). The molecule has 0 aromatic carbocycles. The molecule has 0 amide bonds. The quantitative estimate of drug-likeness (QED) is 0.670. The van der Waals surface area contributed by atoms with E-state index in [1.165, 1.54) is 0 Å². The topological polar surface area (TPSA) is 71.4 Å². The van der Waals surface area contributed by atoms with Crippen molar-refractivity contribution < 1.29 is 9.52 Å². The number of nitrogens with two attached hydrogens (primary N) is 1. The Morgan fingerprint density at radius 2 is 2.36 bits per heavy atom. The SMILES string of the molecule is NCC(NCCCO)c1ccc(Br)o1. The molecule has 1 heterocycles. The van der Waals surface area contributed by atoms with E-state index in [1.807, 2.05) is 12.1 Å². The number of aliphatic hydroxyl groups excluding tert-OH is 1. The fourth-order valence-electron chi connectivity index (χ4n) is 1.17. The summed E-state index contributed by atoms with van der Waals surface area (Å²) in [5, 5.41) is 11.8. The highest BCUT2D eigenvalue weighted by atomic mass is 79.9. The molecule has 4 nitrogen and oxygen atoms in total. The number of aliphatic hydroxyl groups is 1. The number of rotatable bonds is 6. The summed E-state index contributed by atoms with van der Waals surface area (Å²) in [4.78, 5) is 0. The predicted molar refractivity (Wildman–Crippen MR) is 57.9 cm³/mol. The molecular formula is C9H15BrN2O2. The Morgan fingerprint density at radius 1 is 1.57 bits per heavy atom. The van der Waals surface area contributed by atoms with Gasteiger partial charge in [-0.3, -0.25) is 0 Å². The van der Waals surface area contributed by atoms with Gasteiger partial charge in [0.25, 0.3) is 0 Å². The van der Waals surface area contributed by atoms with Crippen LogP contribution in [0.2, 0.25) is 0 Å². The van der Waals surface area contributed by atoms with Crippen LogP contribution in [-0.2, 0) is 0 Å².